The summed E-state index contributed by atoms with van der Waals surface area (Å²) in [6.07, 6.45) is 2.91. The molecule has 0 saturated heterocycles. The lowest BCUT2D eigenvalue weighted by Gasteiger charge is -2.16. The summed E-state index contributed by atoms with van der Waals surface area (Å²) in [5.41, 5.74) is 0.535. The van der Waals surface area contributed by atoms with Crippen LogP contribution in [-0.4, -0.2) is 26.5 Å². The van der Waals surface area contributed by atoms with E-state index in [0.717, 1.165) is 6.07 Å². The Labute approximate surface area is 160 Å². The van der Waals surface area contributed by atoms with Gasteiger partial charge < -0.3 is 5.32 Å². The molecule has 0 saturated carbocycles. The smallest absolute Gasteiger partial charge is 0.240 e. The van der Waals surface area contributed by atoms with Crippen LogP contribution in [-0.2, 0) is 10.0 Å². The van der Waals surface area contributed by atoms with Crippen LogP contribution in [0, 0.1) is 11.7 Å². The predicted molar refractivity (Wildman–Crippen MR) is 98.5 cm³/mol. The van der Waals surface area contributed by atoms with Gasteiger partial charge >= 0.3 is 0 Å². The minimum atomic E-state index is -3.83. The van der Waals surface area contributed by atoms with Crippen molar-refractivity contribution in [2.45, 2.75) is 11.8 Å². The van der Waals surface area contributed by atoms with E-state index < -0.39 is 15.8 Å². The largest absolute Gasteiger partial charge is 0.382 e. The highest BCUT2D eigenvalue weighted by Gasteiger charge is 2.17. The number of hydrogen-bond donors (Lipinski definition) is 2. The first-order valence-electron chi connectivity index (χ1n) is 7.18. The Kier molecular flexibility index (Phi) is 6.87. The Morgan fingerprint density at radius 2 is 1.76 bits per heavy atom. The van der Waals surface area contributed by atoms with Crippen LogP contribution in [0.25, 0.3) is 0 Å². The van der Waals surface area contributed by atoms with E-state index in [0.29, 0.717) is 22.3 Å². The van der Waals surface area contributed by atoms with E-state index in [4.69, 9.17) is 34.8 Å². The van der Waals surface area contributed by atoms with Crippen molar-refractivity contribution in [3.63, 3.8) is 0 Å². The summed E-state index contributed by atoms with van der Waals surface area (Å²) in [6, 6.07) is 3.32. The molecule has 2 aromatic rings. The first kappa shape index (κ1) is 20.2. The summed E-state index contributed by atoms with van der Waals surface area (Å²) < 4.78 is 40.2. The Morgan fingerprint density at radius 1 is 1.12 bits per heavy atom. The monoisotopic (exact) mass is 425 g/mol. The number of nitrogens with one attached hydrogen (secondary N) is 2. The van der Waals surface area contributed by atoms with E-state index in [2.05, 4.69) is 15.0 Å². The molecule has 0 fully saturated rings. The molecule has 0 radical (unpaired) electrons. The van der Waals surface area contributed by atoms with Gasteiger partial charge in [0, 0.05) is 25.5 Å². The third kappa shape index (κ3) is 5.43. The Morgan fingerprint density at radius 3 is 2.36 bits per heavy atom. The molecule has 5 nitrogen and oxygen atoms in total. The molecule has 1 aromatic carbocycles. The van der Waals surface area contributed by atoms with Crippen LogP contribution in [0.1, 0.15) is 6.92 Å². The third-order valence-corrected chi connectivity index (χ3v) is 5.60. The Bertz CT molecular complexity index is 845. The number of pyridine rings is 1. The highest BCUT2D eigenvalue weighted by molar-refractivity contribution is 7.89. The molecular formula is C15H15Cl3FN3O2S. The Hall–Kier alpha value is -1.12. The lowest BCUT2D eigenvalue weighted by Crippen LogP contribution is -2.31. The molecule has 1 unspecified atom stereocenters. The van der Waals surface area contributed by atoms with Crippen molar-refractivity contribution >= 4 is 50.5 Å². The zero-order chi connectivity index (χ0) is 18.6. The zero-order valence-electron chi connectivity index (χ0n) is 13.1. The number of hydrogen-bond acceptors (Lipinski definition) is 4. The second kappa shape index (κ2) is 8.51. The molecule has 10 heteroatoms. The van der Waals surface area contributed by atoms with Gasteiger partial charge in [0.1, 0.15) is 5.82 Å². The van der Waals surface area contributed by atoms with Gasteiger partial charge in [0.15, 0.2) is 0 Å². The van der Waals surface area contributed by atoms with Crippen molar-refractivity contribution in [1.29, 1.82) is 0 Å². The predicted octanol–water partition coefficient (Wildman–Crippen LogP) is 4.21. The maximum Gasteiger partial charge on any atom is 0.240 e. The molecule has 1 heterocycles. The van der Waals surface area contributed by atoms with E-state index in [1.54, 1.807) is 0 Å². The van der Waals surface area contributed by atoms with Crippen LogP contribution >= 0.6 is 34.8 Å². The summed E-state index contributed by atoms with van der Waals surface area (Å²) in [6.45, 7) is 2.39. The first-order chi connectivity index (χ1) is 11.7. The highest BCUT2D eigenvalue weighted by Crippen LogP contribution is 2.28. The number of anilines is 1. The van der Waals surface area contributed by atoms with E-state index in [9.17, 15) is 12.8 Å². The van der Waals surface area contributed by atoms with Crippen molar-refractivity contribution in [1.82, 2.24) is 9.71 Å². The average molecular weight is 427 g/mol. The summed E-state index contributed by atoms with van der Waals surface area (Å²) in [7, 11) is -3.83. The van der Waals surface area contributed by atoms with Crippen LogP contribution in [0.15, 0.2) is 35.5 Å². The van der Waals surface area contributed by atoms with Crippen LogP contribution in [0.3, 0.4) is 0 Å². The zero-order valence-corrected chi connectivity index (χ0v) is 16.1. The Balaban J connectivity index is 1.94. The molecule has 2 rings (SSSR count). The van der Waals surface area contributed by atoms with Crippen molar-refractivity contribution < 1.29 is 12.8 Å². The summed E-state index contributed by atoms with van der Waals surface area (Å²) in [5, 5.41) is 3.67. The molecule has 0 bridgehead atoms. The third-order valence-electron chi connectivity index (χ3n) is 3.30. The second-order valence-corrected chi connectivity index (χ2v) is 8.38. The minimum absolute atomic E-state index is 0.0905. The van der Waals surface area contributed by atoms with Gasteiger partial charge in [0.25, 0.3) is 0 Å². The fraction of sp³-hybridized carbons (Fsp3) is 0.267. The van der Waals surface area contributed by atoms with Gasteiger partial charge in [-0.05, 0) is 24.1 Å². The number of aromatic nitrogens is 1. The molecule has 25 heavy (non-hydrogen) atoms. The molecule has 136 valence electrons. The maximum atomic E-state index is 13.4. The van der Waals surface area contributed by atoms with Crippen LogP contribution in [0.2, 0.25) is 15.1 Å². The van der Waals surface area contributed by atoms with Gasteiger partial charge in [-0.3, -0.25) is 4.98 Å². The van der Waals surface area contributed by atoms with Crippen LogP contribution in [0.4, 0.5) is 10.1 Å². The molecule has 1 aromatic heterocycles. The van der Waals surface area contributed by atoms with Gasteiger partial charge in [-0.1, -0.05) is 41.7 Å². The standard InChI is InChI=1S/C15H15Cl3FN3O2S/c1-9(5-21-15-12(17)7-20-8-13(15)18)6-22-25(23,24)10-2-3-11(16)14(19)4-10/h2-4,7-9,22H,5-6H2,1H3,(H,20,21). The summed E-state index contributed by atoms with van der Waals surface area (Å²) >= 11 is 17.6. The first-order valence-corrected chi connectivity index (χ1v) is 9.80. The molecule has 0 aliphatic carbocycles. The van der Waals surface area contributed by atoms with Crippen molar-refractivity contribution in [2.75, 3.05) is 18.4 Å². The lowest BCUT2D eigenvalue weighted by molar-refractivity contribution is 0.550. The van der Waals surface area contributed by atoms with Gasteiger partial charge in [0.05, 0.1) is 25.7 Å². The molecule has 0 amide bonds. The normalized spacial score (nSPS) is 12.8. The van der Waals surface area contributed by atoms with Crippen molar-refractivity contribution in [3.05, 3.63) is 51.5 Å². The van der Waals surface area contributed by atoms with Crippen molar-refractivity contribution in [2.24, 2.45) is 5.92 Å². The molecule has 0 spiro atoms. The maximum absolute atomic E-state index is 13.4. The van der Waals surface area contributed by atoms with E-state index in [-0.39, 0.29) is 22.4 Å². The highest BCUT2D eigenvalue weighted by atomic mass is 35.5. The van der Waals surface area contributed by atoms with Crippen molar-refractivity contribution in [3.8, 4) is 0 Å². The SMILES string of the molecule is CC(CNc1c(Cl)cncc1Cl)CNS(=O)(=O)c1ccc(Cl)c(F)c1. The number of halogens is 4. The molecule has 1 atom stereocenters. The molecule has 0 aliphatic rings. The van der Waals surface area contributed by atoms with Gasteiger partial charge in [-0.2, -0.15) is 0 Å². The fourth-order valence-electron chi connectivity index (χ4n) is 1.91. The molecular weight excluding hydrogens is 412 g/mol. The second-order valence-electron chi connectivity index (χ2n) is 5.39. The molecule has 0 aliphatic heterocycles. The summed E-state index contributed by atoms with van der Waals surface area (Å²) in [4.78, 5) is 3.67. The van der Waals surface area contributed by atoms with E-state index in [1.807, 2.05) is 6.92 Å². The molecule has 2 N–H and O–H groups in total. The average Bonchev–Trinajstić information content (AvgIpc) is 2.55. The fourth-order valence-corrected chi connectivity index (χ4v) is 3.70. The number of rotatable bonds is 7. The number of benzene rings is 1. The van der Waals surface area contributed by atoms with Gasteiger partial charge in [-0.25, -0.2) is 17.5 Å². The minimum Gasteiger partial charge on any atom is -0.382 e. The van der Waals surface area contributed by atoms with Gasteiger partial charge in [0.2, 0.25) is 10.0 Å². The van der Waals surface area contributed by atoms with E-state index in [1.165, 1.54) is 24.5 Å². The number of nitrogens with zero attached hydrogens (tertiary/aromatic N) is 1. The van der Waals surface area contributed by atoms with Crippen LogP contribution < -0.4 is 10.0 Å². The topological polar surface area (TPSA) is 71.1 Å². The number of sulfonamides is 1. The van der Waals surface area contributed by atoms with E-state index >= 15 is 0 Å². The summed E-state index contributed by atoms with van der Waals surface area (Å²) in [5.74, 6) is -0.881. The lowest BCUT2D eigenvalue weighted by atomic mass is 10.2. The quantitative estimate of drug-likeness (QED) is 0.696. The van der Waals surface area contributed by atoms with Gasteiger partial charge in [-0.15, -0.1) is 0 Å². The van der Waals surface area contributed by atoms with Crippen LogP contribution in [0.5, 0.6) is 0 Å².